The van der Waals surface area contributed by atoms with E-state index in [1.54, 1.807) is 18.2 Å². The van der Waals surface area contributed by atoms with Gasteiger partial charge in [-0.3, -0.25) is 28.5 Å². The average molecular weight is 414 g/mol. The number of nitrogens with zero attached hydrogens (tertiary/aromatic N) is 3. The standard InChI is InChI=1S/C19H22N6O5/c1-3-4-9-24-15(20)14(16(27)22-19(24)30)23(2)13(26)10-25-17(28)11-7-5-6-8-12(11)21-18(25)29/h5-8H,3-4,9-10,20H2,1-2H3,(H,21,29)(H,22,27,30). The van der Waals surface area contributed by atoms with Crippen LogP contribution in [-0.4, -0.2) is 32.1 Å². The van der Waals surface area contributed by atoms with Crippen LogP contribution >= 0.6 is 0 Å². The highest BCUT2D eigenvalue weighted by atomic mass is 16.2. The van der Waals surface area contributed by atoms with E-state index in [4.69, 9.17) is 5.73 Å². The lowest BCUT2D eigenvalue weighted by Crippen LogP contribution is -2.44. The minimum absolute atomic E-state index is 0.159. The summed E-state index contributed by atoms with van der Waals surface area (Å²) in [5.41, 5.74) is 3.25. The number of hydrogen-bond donors (Lipinski definition) is 3. The Labute approximate surface area is 169 Å². The van der Waals surface area contributed by atoms with Gasteiger partial charge >= 0.3 is 11.4 Å². The van der Waals surface area contributed by atoms with E-state index in [2.05, 4.69) is 9.97 Å². The van der Waals surface area contributed by atoms with Crippen molar-refractivity contribution in [1.29, 1.82) is 0 Å². The van der Waals surface area contributed by atoms with Crippen LogP contribution in [-0.2, 0) is 17.9 Å². The van der Waals surface area contributed by atoms with Crippen molar-refractivity contribution >= 4 is 28.3 Å². The van der Waals surface area contributed by atoms with Crippen LogP contribution in [0.3, 0.4) is 0 Å². The zero-order valence-electron chi connectivity index (χ0n) is 16.6. The number of fused-ring (bicyclic) bond motifs is 1. The molecule has 0 radical (unpaired) electrons. The number of nitrogen functional groups attached to an aromatic ring is 1. The van der Waals surface area contributed by atoms with E-state index in [0.29, 0.717) is 11.9 Å². The summed E-state index contributed by atoms with van der Waals surface area (Å²) in [6.07, 6.45) is 1.44. The Morgan fingerprint density at radius 2 is 1.73 bits per heavy atom. The van der Waals surface area contributed by atoms with E-state index in [-0.39, 0.29) is 23.4 Å². The topological polar surface area (TPSA) is 156 Å². The number of anilines is 2. The maximum atomic E-state index is 12.8. The Morgan fingerprint density at radius 1 is 1.07 bits per heavy atom. The highest BCUT2D eigenvalue weighted by molar-refractivity contribution is 5.95. The van der Waals surface area contributed by atoms with E-state index in [0.717, 1.165) is 15.9 Å². The monoisotopic (exact) mass is 414 g/mol. The molecule has 0 fully saturated rings. The lowest BCUT2D eigenvalue weighted by atomic mass is 10.2. The van der Waals surface area contributed by atoms with Crippen molar-refractivity contribution in [3.8, 4) is 0 Å². The second kappa shape index (κ2) is 8.23. The molecule has 2 heterocycles. The molecule has 0 aliphatic carbocycles. The lowest BCUT2D eigenvalue weighted by molar-refractivity contribution is -0.119. The molecule has 11 nitrogen and oxygen atoms in total. The van der Waals surface area contributed by atoms with E-state index in [1.807, 2.05) is 6.92 Å². The highest BCUT2D eigenvalue weighted by Crippen LogP contribution is 2.16. The van der Waals surface area contributed by atoms with Gasteiger partial charge < -0.3 is 15.6 Å². The zero-order chi connectivity index (χ0) is 22.0. The quantitative estimate of drug-likeness (QED) is 0.498. The van der Waals surface area contributed by atoms with E-state index < -0.39 is 34.9 Å². The van der Waals surface area contributed by atoms with Crippen molar-refractivity contribution in [3.05, 3.63) is 65.9 Å². The Kier molecular flexibility index (Phi) is 5.72. The molecule has 158 valence electrons. The molecule has 11 heteroatoms. The second-order valence-corrected chi connectivity index (χ2v) is 6.82. The minimum Gasteiger partial charge on any atom is -0.383 e. The first-order chi connectivity index (χ1) is 14.3. The Balaban J connectivity index is 2.01. The third kappa shape index (κ3) is 3.69. The number of rotatable bonds is 6. The third-order valence-corrected chi connectivity index (χ3v) is 4.84. The Bertz CT molecular complexity index is 1350. The molecule has 0 unspecified atom stereocenters. The molecule has 0 saturated heterocycles. The first-order valence-electron chi connectivity index (χ1n) is 9.37. The van der Waals surface area contributed by atoms with Crippen LogP contribution in [0, 0.1) is 0 Å². The van der Waals surface area contributed by atoms with Gasteiger partial charge in [0, 0.05) is 13.6 Å². The van der Waals surface area contributed by atoms with Crippen molar-refractivity contribution in [2.45, 2.75) is 32.9 Å². The molecule has 0 bridgehead atoms. The summed E-state index contributed by atoms with van der Waals surface area (Å²) in [7, 11) is 1.29. The summed E-state index contributed by atoms with van der Waals surface area (Å²) in [4.78, 5) is 67.7. The van der Waals surface area contributed by atoms with Crippen LogP contribution in [0.25, 0.3) is 10.9 Å². The summed E-state index contributed by atoms with van der Waals surface area (Å²) < 4.78 is 1.93. The van der Waals surface area contributed by atoms with Crippen molar-refractivity contribution in [3.63, 3.8) is 0 Å². The van der Waals surface area contributed by atoms with E-state index >= 15 is 0 Å². The number of likely N-dealkylation sites (N-methyl/N-ethyl adjacent to an activating group) is 1. The summed E-state index contributed by atoms with van der Waals surface area (Å²) in [6, 6.07) is 6.42. The number of carbonyl (C=O) groups excluding carboxylic acids is 1. The molecule has 1 aromatic carbocycles. The molecular formula is C19H22N6O5. The SMILES string of the molecule is CCCCn1c(N)c(N(C)C(=O)Cn2c(=O)[nH]c3ccccc3c2=O)c(=O)[nH]c1=O. The Hall–Kier alpha value is -3.89. The van der Waals surface area contributed by atoms with Crippen molar-refractivity contribution in [2.24, 2.45) is 0 Å². The minimum atomic E-state index is -0.833. The molecule has 3 aromatic rings. The fraction of sp³-hybridized carbons (Fsp3) is 0.316. The summed E-state index contributed by atoms with van der Waals surface area (Å²) >= 11 is 0. The fourth-order valence-corrected chi connectivity index (χ4v) is 3.15. The van der Waals surface area contributed by atoms with Gasteiger partial charge in [-0.15, -0.1) is 0 Å². The van der Waals surface area contributed by atoms with Crippen LogP contribution < -0.4 is 33.1 Å². The van der Waals surface area contributed by atoms with Crippen LogP contribution in [0.4, 0.5) is 11.5 Å². The van der Waals surface area contributed by atoms with Crippen LogP contribution in [0.5, 0.6) is 0 Å². The number of carbonyl (C=O) groups is 1. The maximum absolute atomic E-state index is 12.8. The number of para-hydroxylation sites is 1. The van der Waals surface area contributed by atoms with Gasteiger partial charge in [0.1, 0.15) is 12.4 Å². The number of unbranched alkanes of at least 4 members (excludes halogenated alkanes) is 1. The van der Waals surface area contributed by atoms with Gasteiger partial charge in [-0.25, -0.2) is 9.59 Å². The van der Waals surface area contributed by atoms with Crippen LogP contribution in [0.15, 0.2) is 43.4 Å². The average Bonchev–Trinajstić information content (AvgIpc) is 2.70. The smallest absolute Gasteiger partial charge is 0.330 e. The van der Waals surface area contributed by atoms with Crippen LogP contribution in [0.1, 0.15) is 19.8 Å². The number of benzene rings is 1. The van der Waals surface area contributed by atoms with Gasteiger partial charge in [-0.05, 0) is 18.6 Å². The molecule has 30 heavy (non-hydrogen) atoms. The van der Waals surface area contributed by atoms with Gasteiger partial charge in [0.15, 0.2) is 5.69 Å². The molecule has 0 spiro atoms. The van der Waals surface area contributed by atoms with Crippen LogP contribution in [0.2, 0.25) is 0 Å². The summed E-state index contributed by atoms with van der Waals surface area (Å²) in [5.74, 6) is -0.886. The van der Waals surface area contributed by atoms with E-state index in [9.17, 15) is 24.0 Å². The van der Waals surface area contributed by atoms with Crippen molar-refractivity contribution in [1.82, 2.24) is 19.1 Å². The first-order valence-corrected chi connectivity index (χ1v) is 9.37. The molecule has 2 aromatic heterocycles. The van der Waals surface area contributed by atoms with Gasteiger partial charge in [0.05, 0.1) is 10.9 Å². The van der Waals surface area contributed by atoms with E-state index in [1.165, 1.54) is 17.7 Å². The van der Waals surface area contributed by atoms with Gasteiger partial charge in [-0.2, -0.15) is 0 Å². The van der Waals surface area contributed by atoms with Gasteiger partial charge in [-0.1, -0.05) is 25.5 Å². The number of aromatic nitrogens is 4. The molecule has 1 amide bonds. The summed E-state index contributed by atoms with van der Waals surface area (Å²) in [6.45, 7) is 1.60. The lowest BCUT2D eigenvalue weighted by Gasteiger charge is -2.20. The van der Waals surface area contributed by atoms with Crippen molar-refractivity contribution < 1.29 is 4.79 Å². The third-order valence-electron chi connectivity index (χ3n) is 4.84. The number of nitrogens with one attached hydrogen (secondary N) is 2. The Morgan fingerprint density at radius 3 is 2.43 bits per heavy atom. The first kappa shape index (κ1) is 20.8. The number of hydrogen-bond acceptors (Lipinski definition) is 6. The number of H-pyrrole nitrogens is 2. The molecule has 0 aliphatic rings. The second-order valence-electron chi connectivity index (χ2n) is 6.82. The number of nitrogens with two attached hydrogens (primary N) is 1. The predicted molar refractivity (Wildman–Crippen MR) is 113 cm³/mol. The normalized spacial score (nSPS) is 11.0. The number of aromatic amines is 2. The highest BCUT2D eigenvalue weighted by Gasteiger charge is 2.22. The molecule has 3 rings (SSSR count). The predicted octanol–water partition coefficient (Wildman–Crippen LogP) is -0.415. The van der Waals surface area contributed by atoms with Crippen molar-refractivity contribution in [2.75, 3.05) is 17.7 Å². The fourth-order valence-electron chi connectivity index (χ4n) is 3.15. The molecule has 0 saturated carbocycles. The number of amides is 1. The molecule has 0 atom stereocenters. The molecular weight excluding hydrogens is 392 g/mol. The van der Waals surface area contributed by atoms with Gasteiger partial charge in [0.25, 0.3) is 11.1 Å². The zero-order valence-corrected chi connectivity index (χ0v) is 16.6. The molecule has 4 N–H and O–H groups in total. The maximum Gasteiger partial charge on any atom is 0.330 e. The molecule has 0 aliphatic heterocycles. The van der Waals surface area contributed by atoms with Gasteiger partial charge in [0.2, 0.25) is 5.91 Å². The largest absolute Gasteiger partial charge is 0.383 e. The summed E-state index contributed by atoms with van der Waals surface area (Å²) in [5, 5.41) is 0.248.